The third-order valence-electron chi connectivity index (χ3n) is 6.98. The van der Waals surface area contributed by atoms with Gasteiger partial charge < -0.3 is 26.0 Å². The molecule has 0 radical (unpaired) electrons. The highest BCUT2D eigenvalue weighted by atomic mass is 16.3. The summed E-state index contributed by atoms with van der Waals surface area (Å²) in [6.07, 6.45) is 18.9. The Hall–Kier alpha value is -1.44. The molecule has 1 atom stereocenters. The Bertz CT molecular complexity index is 719. The molecule has 0 bridgehead atoms. The molecule has 0 aromatic heterocycles. The minimum atomic E-state index is -0.588. The zero-order valence-corrected chi connectivity index (χ0v) is 27.6. The standard InChI is InChI=1S/C29H56N4O3.2C2H6/c1-4-6-7-8-9-10-11-12-13-14-15-17-21-33(22-18-16-20-31-19-5-2)24-25(34)23-32-27-26(30-3)28(35)29(27)36;2*1-2/h25,30-32,34H,4-24H2,1-3H3;2*1-2H3. The van der Waals surface area contributed by atoms with Crippen LogP contribution in [0.25, 0.3) is 0 Å². The second-order valence-electron chi connectivity index (χ2n) is 10.3. The van der Waals surface area contributed by atoms with Gasteiger partial charge in [-0.3, -0.25) is 9.59 Å². The maximum absolute atomic E-state index is 11.7. The van der Waals surface area contributed by atoms with E-state index in [1.54, 1.807) is 7.05 Å². The molecule has 4 N–H and O–H groups in total. The van der Waals surface area contributed by atoms with Crippen LogP contribution in [-0.2, 0) is 0 Å². The van der Waals surface area contributed by atoms with Gasteiger partial charge in [0.2, 0.25) is 0 Å². The average Bonchev–Trinajstić information content (AvgIpc) is 2.98. The van der Waals surface area contributed by atoms with Crippen molar-refractivity contribution in [1.82, 2.24) is 10.2 Å². The molecule has 7 nitrogen and oxygen atoms in total. The number of nitrogens with zero attached hydrogens (tertiary/aromatic N) is 1. The summed E-state index contributed by atoms with van der Waals surface area (Å²) in [6.45, 7) is 17.4. The van der Waals surface area contributed by atoms with E-state index in [0.717, 1.165) is 51.9 Å². The maximum atomic E-state index is 11.7. The lowest BCUT2D eigenvalue weighted by Gasteiger charge is -2.26. The first-order chi connectivity index (χ1) is 19.5. The van der Waals surface area contributed by atoms with E-state index in [-0.39, 0.29) is 6.54 Å². The van der Waals surface area contributed by atoms with Crippen molar-refractivity contribution in [3.8, 4) is 0 Å². The number of aliphatic hydroxyl groups excluding tert-OH is 1. The van der Waals surface area contributed by atoms with Crippen molar-refractivity contribution in [3.63, 3.8) is 0 Å². The van der Waals surface area contributed by atoms with Crippen molar-refractivity contribution >= 4 is 11.4 Å². The number of aliphatic hydroxyl groups is 1. The normalized spacial score (nSPS) is 11.5. The van der Waals surface area contributed by atoms with Gasteiger partial charge in [-0.1, -0.05) is 112 Å². The van der Waals surface area contributed by atoms with Crippen molar-refractivity contribution in [2.24, 2.45) is 0 Å². The number of hydrogen-bond donors (Lipinski definition) is 4. The molecule has 0 amide bonds. The van der Waals surface area contributed by atoms with Crippen LogP contribution in [0.15, 0.2) is 9.59 Å². The Morgan fingerprint density at radius 2 is 1.12 bits per heavy atom. The number of rotatable bonds is 26. The highest BCUT2D eigenvalue weighted by molar-refractivity contribution is 5.73. The summed E-state index contributed by atoms with van der Waals surface area (Å²) in [6, 6.07) is 0. The van der Waals surface area contributed by atoms with Crippen LogP contribution in [0.1, 0.15) is 138 Å². The summed E-state index contributed by atoms with van der Waals surface area (Å²) in [5, 5.41) is 19.8. The first-order valence-corrected chi connectivity index (χ1v) is 16.9. The first kappa shape index (κ1) is 40.7. The fraction of sp³-hybridized carbons (Fsp3) is 0.879. The predicted molar refractivity (Wildman–Crippen MR) is 178 cm³/mol. The van der Waals surface area contributed by atoms with Crippen molar-refractivity contribution < 1.29 is 5.11 Å². The molecule has 0 aliphatic heterocycles. The van der Waals surface area contributed by atoms with Gasteiger partial charge in [-0.05, 0) is 51.9 Å². The molecule has 1 rings (SSSR count). The smallest absolute Gasteiger partial charge is 0.253 e. The molecule has 7 heteroatoms. The quantitative estimate of drug-likeness (QED) is 0.0711. The second-order valence-corrected chi connectivity index (χ2v) is 10.3. The monoisotopic (exact) mass is 569 g/mol. The summed E-state index contributed by atoms with van der Waals surface area (Å²) in [5.74, 6) is 0. The number of anilines is 2. The molecule has 40 heavy (non-hydrogen) atoms. The fourth-order valence-corrected chi connectivity index (χ4v) is 4.74. The van der Waals surface area contributed by atoms with Gasteiger partial charge in [0.05, 0.1) is 6.10 Å². The topological polar surface area (TPSA) is 93.7 Å². The molecule has 1 aromatic rings. The van der Waals surface area contributed by atoms with E-state index in [9.17, 15) is 14.7 Å². The van der Waals surface area contributed by atoms with Crippen molar-refractivity contribution in [2.75, 3.05) is 56.9 Å². The van der Waals surface area contributed by atoms with Crippen LogP contribution in [0.4, 0.5) is 11.4 Å². The zero-order valence-electron chi connectivity index (χ0n) is 27.6. The molecule has 0 aliphatic carbocycles. The van der Waals surface area contributed by atoms with Crippen molar-refractivity contribution in [3.05, 3.63) is 20.4 Å². The van der Waals surface area contributed by atoms with E-state index in [1.807, 2.05) is 27.7 Å². The Balaban J connectivity index is 0. The molecule has 1 unspecified atom stereocenters. The van der Waals surface area contributed by atoms with E-state index in [4.69, 9.17) is 0 Å². The summed E-state index contributed by atoms with van der Waals surface area (Å²) >= 11 is 0. The summed E-state index contributed by atoms with van der Waals surface area (Å²) < 4.78 is 0. The Labute approximate surface area is 248 Å². The summed E-state index contributed by atoms with van der Waals surface area (Å²) in [7, 11) is 1.63. The van der Waals surface area contributed by atoms with Crippen LogP contribution >= 0.6 is 0 Å². The Morgan fingerprint density at radius 1 is 0.650 bits per heavy atom. The van der Waals surface area contributed by atoms with Crippen molar-refractivity contribution in [1.29, 1.82) is 0 Å². The fourth-order valence-electron chi connectivity index (χ4n) is 4.74. The second kappa shape index (κ2) is 30.5. The van der Waals surface area contributed by atoms with Gasteiger partial charge in [-0.15, -0.1) is 0 Å². The van der Waals surface area contributed by atoms with E-state index < -0.39 is 17.0 Å². The van der Waals surface area contributed by atoms with Gasteiger partial charge in [0.1, 0.15) is 11.4 Å². The van der Waals surface area contributed by atoms with Gasteiger partial charge in [-0.25, -0.2) is 0 Å². The van der Waals surface area contributed by atoms with E-state index in [0.29, 0.717) is 17.9 Å². The lowest BCUT2D eigenvalue weighted by atomic mass is 10.1. The molecule has 0 heterocycles. The van der Waals surface area contributed by atoms with Crippen LogP contribution in [-0.4, -0.2) is 62.4 Å². The molecule has 0 saturated carbocycles. The molecular formula is C33H68N4O3. The third kappa shape index (κ3) is 20.4. The van der Waals surface area contributed by atoms with Crippen LogP contribution in [0.2, 0.25) is 0 Å². The largest absolute Gasteiger partial charge is 0.390 e. The van der Waals surface area contributed by atoms with Gasteiger partial charge in [0, 0.05) is 20.1 Å². The molecule has 0 fully saturated rings. The number of unbranched alkanes of at least 4 members (excludes halogenated alkanes) is 12. The Kier molecular flexibility index (Phi) is 31.0. The number of nitrogens with one attached hydrogen (secondary N) is 3. The van der Waals surface area contributed by atoms with Gasteiger partial charge >= 0.3 is 0 Å². The lowest BCUT2D eigenvalue weighted by molar-refractivity contribution is 0.119. The third-order valence-corrected chi connectivity index (χ3v) is 6.98. The minimum absolute atomic E-state index is 0.270. The van der Waals surface area contributed by atoms with E-state index in [2.05, 4.69) is 34.7 Å². The zero-order chi connectivity index (χ0) is 30.4. The van der Waals surface area contributed by atoms with Crippen LogP contribution in [0.3, 0.4) is 0 Å². The summed E-state index contributed by atoms with van der Waals surface area (Å²) in [5.41, 5.74) is -0.365. The molecule has 1 aromatic carbocycles. The SMILES string of the molecule is CC.CC.CCCCCCCCCCCCCCN(CCCCNCCC)CC(O)CNc1c(NC)c(=O)c1=O. The molecule has 0 spiro atoms. The van der Waals surface area contributed by atoms with E-state index in [1.165, 1.54) is 70.6 Å². The first-order valence-electron chi connectivity index (χ1n) is 16.9. The average molecular weight is 569 g/mol. The van der Waals surface area contributed by atoms with Crippen LogP contribution in [0, 0.1) is 0 Å². The van der Waals surface area contributed by atoms with Gasteiger partial charge in [0.25, 0.3) is 10.9 Å². The van der Waals surface area contributed by atoms with Crippen LogP contribution < -0.4 is 26.8 Å². The highest BCUT2D eigenvalue weighted by Gasteiger charge is 2.20. The molecule has 238 valence electrons. The Morgan fingerprint density at radius 3 is 1.62 bits per heavy atom. The minimum Gasteiger partial charge on any atom is -0.390 e. The summed E-state index contributed by atoms with van der Waals surface area (Å²) in [4.78, 5) is 25.7. The van der Waals surface area contributed by atoms with Crippen molar-refractivity contribution in [2.45, 2.75) is 144 Å². The highest BCUT2D eigenvalue weighted by Crippen LogP contribution is 2.14. The predicted octanol–water partition coefficient (Wildman–Crippen LogP) is 6.93. The van der Waals surface area contributed by atoms with Crippen LogP contribution in [0.5, 0.6) is 0 Å². The molecular weight excluding hydrogens is 500 g/mol. The lowest BCUT2D eigenvalue weighted by Crippen LogP contribution is -2.41. The maximum Gasteiger partial charge on any atom is 0.253 e. The molecule has 0 aliphatic rings. The molecule has 0 saturated heterocycles. The van der Waals surface area contributed by atoms with Gasteiger partial charge in [-0.2, -0.15) is 0 Å². The van der Waals surface area contributed by atoms with E-state index >= 15 is 0 Å². The van der Waals surface area contributed by atoms with Gasteiger partial charge in [0.15, 0.2) is 0 Å². The number of hydrogen-bond acceptors (Lipinski definition) is 7.